The number of carboxylic acids is 1. The van der Waals surface area contributed by atoms with Crippen molar-refractivity contribution in [3.63, 3.8) is 0 Å². The molecule has 3 nitrogen and oxygen atoms in total. The van der Waals surface area contributed by atoms with E-state index in [4.69, 9.17) is 5.11 Å². The number of aliphatic carboxylic acids is 1. The predicted molar refractivity (Wildman–Crippen MR) is 67.9 cm³/mol. The van der Waals surface area contributed by atoms with E-state index >= 15 is 0 Å². The summed E-state index contributed by atoms with van der Waals surface area (Å²) in [6.07, 6.45) is 0.209. The van der Waals surface area contributed by atoms with Gasteiger partial charge in [-0.3, -0.25) is 4.79 Å². The zero-order valence-corrected chi connectivity index (χ0v) is 11.0. The molecule has 2 rings (SSSR count). The average Bonchev–Trinajstić information content (AvgIpc) is 2.17. The molecule has 5 heteroatoms. The summed E-state index contributed by atoms with van der Waals surface area (Å²) in [5.74, 6) is -0.730. The first-order chi connectivity index (χ1) is 7.60. The third kappa shape index (κ3) is 2.78. The number of nitrogens with one attached hydrogen (secondary N) is 1. The second-order valence-corrected chi connectivity index (χ2v) is 6.37. The number of hydrogen-bond donors (Lipinski definition) is 2. The van der Waals surface area contributed by atoms with Crippen LogP contribution >= 0.6 is 27.7 Å². The maximum absolute atomic E-state index is 10.8. The van der Waals surface area contributed by atoms with Crippen LogP contribution in [0.5, 0.6) is 0 Å². The molecule has 0 aliphatic carbocycles. The number of hydrogen-bond acceptors (Lipinski definition) is 3. The van der Waals surface area contributed by atoms with Crippen LogP contribution in [0.3, 0.4) is 0 Å². The number of halogens is 1. The third-order valence-electron chi connectivity index (χ3n) is 2.52. The molecule has 0 amide bonds. The Morgan fingerprint density at radius 3 is 2.50 bits per heavy atom. The quantitative estimate of drug-likeness (QED) is 0.896. The molecule has 2 N–H and O–H groups in total. The molecule has 1 aromatic carbocycles. The molecular weight excluding hydrogens is 290 g/mol. The summed E-state index contributed by atoms with van der Waals surface area (Å²) in [5, 5.41) is 12.0. The van der Waals surface area contributed by atoms with Gasteiger partial charge in [0.25, 0.3) is 0 Å². The molecule has 1 aliphatic heterocycles. The molecule has 0 atom stereocenters. The van der Waals surface area contributed by atoms with Gasteiger partial charge in [0.1, 0.15) is 0 Å². The van der Waals surface area contributed by atoms with Gasteiger partial charge in [-0.2, -0.15) is 0 Å². The van der Waals surface area contributed by atoms with Crippen molar-refractivity contribution in [2.24, 2.45) is 0 Å². The summed E-state index contributed by atoms with van der Waals surface area (Å²) in [7, 11) is 0. The highest BCUT2D eigenvalue weighted by molar-refractivity contribution is 9.10. The summed E-state index contributed by atoms with van der Waals surface area (Å²) in [5.41, 5.74) is 0. The number of rotatable bonds is 4. The van der Waals surface area contributed by atoms with Crippen molar-refractivity contribution < 1.29 is 9.90 Å². The van der Waals surface area contributed by atoms with Crippen LogP contribution in [0, 0.1) is 0 Å². The van der Waals surface area contributed by atoms with Gasteiger partial charge in [-0.15, -0.1) is 11.8 Å². The van der Waals surface area contributed by atoms with Crippen molar-refractivity contribution in [3.8, 4) is 0 Å². The molecule has 0 aromatic heterocycles. The first-order valence-electron chi connectivity index (χ1n) is 4.97. The van der Waals surface area contributed by atoms with E-state index in [1.54, 1.807) is 11.8 Å². The summed E-state index contributed by atoms with van der Waals surface area (Å²) in [6, 6.07) is 7.97. The standard InChI is InChI=1S/C11H12BrNO2S/c12-8-1-3-9(4-2-8)16-11(5-10(14)15)6-13-7-11/h1-4,13H,5-7H2,(H,14,15). The topological polar surface area (TPSA) is 49.3 Å². The Morgan fingerprint density at radius 2 is 2.06 bits per heavy atom. The molecule has 0 bridgehead atoms. The zero-order valence-electron chi connectivity index (χ0n) is 8.57. The summed E-state index contributed by atoms with van der Waals surface area (Å²) >= 11 is 5.03. The minimum Gasteiger partial charge on any atom is -0.481 e. The minimum atomic E-state index is -0.730. The fourth-order valence-electron chi connectivity index (χ4n) is 1.67. The Balaban J connectivity index is 2.06. The number of thioether (sulfide) groups is 1. The van der Waals surface area contributed by atoms with Gasteiger partial charge in [-0.05, 0) is 24.3 Å². The van der Waals surface area contributed by atoms with Crippen molar-refractivity contribution >= 4 is 33.7 Å². The van der Waals surface area contributed by atoms with Gasteiger partial charge in [0.2, 0.25) is 0 Å². The smallest absolute Gasteiger partial charge is 0.304 e. The Hall–Kier alpha value is -0.520. The van der Waals surface area contributed by atoms with Gasteiger partial charge < -0.3 is 10.4 Å². The Morgan fingerprint density at radius 1 is 1.44 bits per heavy atom. The maximum Gasteiger partial charge on any atom is 0.304 e. The van der Waals surface area contributed by atoms with E-state index in [1.165, 1.54) is 0 Å². The van der Waals surface area contributed by atoms with Crippen molar-refractivity contribution in [1.29, 1.82) is 0 Å². The van der Waals surface area contributed by atoms with Crippen LogP contribution in [0.1, 0.15) is 6.42 Å². The lowest BCUT2D eigenvalue weighted by Gasteiger charge is -2.40. The molecule has 0 spiro atoms. The SMILES string of the molecule is O=C(O)CC1(Sc2ccc(Br)cc2)CNC1. The summed E-state index contributed by atoms with van der Waals surface area (Å²) in [4.78, 5) is 11.9. The molecule has 1 fully saturated rings. The molecule has 0 unspecified atom stereocenters. The van der Waals surface area contributed by atoms with E-state index in [0.717, 1.165) is 22.5 Å². The lowest BCUT2D eigenvalue weighted by atomic mass is 9.98. The van der Waals surface area contributed by atoms with E-state index in [1.807, 2.05) is 24.3 Å². The van der Waals surface area contributed by atoms with Crippen molar-refractivity contribution in [2.45, 2.75) is 16.1 Å². The highest BCUT2D eigenvalue weighted by atomic mass is 79.9. The summed E-state index contributed by atoms with van der Waals surface area (Å²) < 4.78 is 0.871. The number of carbonyl (C=O) groups is 1. The normalized spacial score (nSPS) is 17.8. The molecule has 0 radical (unpaired) electrons. The fraction of sp³-hybridized carbons (Fsp3) is 0.364. The molecule has 1 heterocycles. The molecule has 1 saturated heterocycles. The molecule has 16 heavy (non-hydrogen) atoms. The largest absolute Gasteiger partial charge is 0.481 e. The maximum atomic E-state index is 10.8. The van der Waals surface area contributed by atoms with E-state index in [9.17, 15) is 4.79 Å². The Kier molecular flexibility index (Phi) is 3.56. The van der Waals surface area contributed by atoms with E-state index in [-0.39, 0.29) is 11.2 Å². The van der Waals surface area contributed by atoms with Gasteiger partial charge in [0.15, 0.2) is 0 Å². The van der Waals surface area contributed by atoms with E-state index in [0.29, 0.717) is 0 Å². The highest BCUT2D eigenvalue weighted by Gasteiger charge is 2.40. The lowest BCUT2D eigenvalue weighted by Crippen LogP contribution is -2.57. The number of benzene rings is 1. The molecule has 86 valence electrons. The van der Waals surface area contributed by atoms with Gasteiger partial charge in [-0.25, -0.2) is 0 Å². The average molecular weight is 302 g/mol. The second kappa shape index (κ2) is 4.77. The molecule has 1 aromatic rings. The lowest BCUT2D eigenvalue weighted by molar-refractivity contribution is -0.138. The van der Waals surface area contributed by atoms with Gasteiger partial charge >= 0.3 is 5.97 Å². The van der Waals surface area contributed by atoms with Gasteiger partial charge in [-0.1, -0.05) is 15.9 Å². The Labute approximate surface area is 107 Å². The van der Waals surface area contributed by atoms with Crippen LogP contribution in [0.25, 0.3) is 0 Å². The van der Waals surface area contributed by atoms with Gasteiger partial charge in [0.05, 0.1) is 11.2 Å². The zero-order chi connectivity index (χ0) is 11.6. The monoisotopic (exact) mass is 301 g/mol. The predicted octanol–water partition coefficient (Wildman–Crippen LogP) is 2.36. The molecule has 1 aliphatic rings. The molecule has 0 saturated carbocycles. The van der Waals surface area contributed by atoms with Crippen LogP contribution in [0.2, 0.25) is 0 Å². The fourth-order valence-corrected chi connectivity index (χ4v) is 3.25. The highest BCUT2D eigenvalue weighted by Crippen LogP contribution is 2.39. The minimum absolute atomic E-state index is 0.167. The van der Waals surface area contributed by atoms with Crippen molar-refractivity contribution in [3.05, 3.63) is 28.7 Å². The van der Waals surface area contributed by atoms with Crippen LogP contribution in [0.15, 0.2) is 33.6 Å². The summed E-state index contributed by atoms with van der Waals surface area (Å²) in [6.45, 7) is 1.53. The second-order valence-electron chi connectivity index (χ2n) is 3.91. The van der Waals surface area contributed by atoms with Crippen LogP contribution in [-0.4, -0.2) is 28.9 Å². The first kappa shape index (κ1) is 12.0. The van der Waals surface area contributed by atoms with Crippen LogP contribution < -0.4 is 5.32 Å². The van der Waals surface area contributed by atoms with Crippen LogP contribution in [0.4, 0.5) is 0 Å². The Bertz CT molecular complexity index is 389. The van der Waals surface area contributed by atoms with Crippen molar-refractivity contribution in [2.75, 3.05) is 13.1 Å². The third-order valence-corrected chi connectivity index (χ3v) is 4.42. The first-order valence-corrected chi connectivity index (χ1v) is 6.58. The number of carboxylic acid groups (broad SMARTS) is 1. The van der Waals surface area contributed by atoms with Crippen LogP contribution in [-0.2, 0) is 4.79 Å². The molecular formula is C11H12BrNO2S. The van der Waals surface area contributed by atoms with E-state index in [2.05, 4.69) is 21.2 Å². The van der Waals surface area contributed by atoms with Gasteiger partial charge in [0, 0.05) is 22.5 Å². The van der Waals surface area contributed by atoms with Crippen molar-refractivity contribution in [1.82, 2.24) is 5.32 Å². The van der Waals surface area contributed by atoms with E-state index < -0.39 is 5.97 Å².